The summed E-state index contributed by atoms with van der Waals surface area (Å²) in [5.41, 5.74) is 1.55. The lowest BCUT2D eigenvalue weighted by atomic mass is 9.64. The molecule has 2 N–H and O–H groups in total. The Labute approximate surface area is 168 Å². The minimum absolute atomic E-state index is 0.455. The van der Waals surface area contributed by atoms with E-state index < -0.39 is 0 Å². The van der Waals surface area contributed by atoms with Crippen molar-refractivity contribution in [3.63, 3.8) is 0 Å². The summed E-state index contributed by atoms with van der Waals surface area (Å²) in [6, 6.07) is 4.10. The number of aryl methyl sites for hydroxylation is 1. The third kappa shape index (κ3) is 5.12. The molecule has 0 atom stereocenters. The van der Waals surface area contributed by atoms with Crippen LogP contribution in [0.25, 0.3) is 5.82 Å². The van der Waals surface area contributed by atoms with Crippen LogP contribution in [0.1, 0.15) is 57.8 Å². The number of nitrogens with zero attached hydrogens (tertiary/aromatic N) is 4. The van der Waals surface area contributed by atoms with Crippen LogP contribution in [0.3, 0.4) is 0 Å². The molecule has 1 aliphatic rings. The molecular formula is C22H34N6. The Kier molecular flexibility index (Phi) is 6.70. The maximum Gasteiger partial charge on any atom is 0.191 e. The zero-order chi connectivity index (χ0) is 20.0. The lowest BCUT2D eigenvalue weighted by Gasteiger charge is -2.43. The predicted octanol–water partition coefficient (Wildman–Crippen LogP) is 3.85. The first kappa shape index (κ1) is 20.4. The molecule has 28 heavy (non-hydrogen) atoms. The number of aliphatic imine (C=N–C) groups is 1. The van der Waals surface area contributed by atoms with Crippen molar-refractivity contribution in [1.29, 1.82) is 0 Å². The molecule has 0 aromatic carbocycles. The Morgan fingerprint density at radius 2 is 2.07 bits per heavy atom. The SMILES string of the molecule is CCNC(=NCc1ccc(-n2ccnc2C)nc1)NCC1(CC(C)C)CCC1. The summed E-state index contributed by atoms with van der Waals surface area (Å²) in [5.74, 6) is 3.45. The topological polar surface area (TPSA) is 67.1 Å². The number of imidazole rings is 1. The normalized spacial score (nSPS) is 16.1. The lowest BCUT2D eigenvalue weighted by molar-refractivity contribution is 0.104. The van der Waals surface area contributed by atoms with Gasteiger partial charge in [0.2, 0.25) is 0 Å². The van der Waals surface area contributed by atoms with Crippen LogP contribution in [0.5, 0.6) is 0 Å². The molecule has 3 rings (SSSR count). The van der Waals surface area contributed by atoms with Gasteiger partial charge in [0.25, 0.3) is 0 Å². The number of rotatable bonds is 8. The van der Waals surface area contributed by atoms with E-state index in [2.05, 4.69) is 47.4 Å². The van der Waals surface area contributed by atoms with Crippen molar-refractivity contribution >= 4 is 5.96 Å². The van der Waals surface area contributed by atoms with Gasteiger partial charge in [-0.25, -0.2) is 15.0 Å². The Bertz CT molecular complexity index is 771. The van der Waals surface area contributed by atoms with Gasteiger partial charge >= 0.3 is 0 Å². The Balaban J connectivity index is 1.60. The van der Waals surface area contributed by atoms with Gasteiger partial charge in [0, 0.05) is 31.7 Å². The number of guanidine groups is 1. The molecule has 6 nitrogen and oxygen atoms in total. The number of pyridine rings is 1. The van der Waals surface area contributed by atoms with E-state index in [1.54, 1.807) is 6.20 Å². The van der Waals surface area contributed by atoms with Crippen LogP contribution >= 0.6 is 0 Å². The van der Waals surface area contributed by atoms with Gasteiger partial charge in [-0.15, -0.1) is 0 Å². The van der Waals surface area contributed by atoms with E-state index >= 15 is 0 Å². The molecule has 2 aromatic heterocycles. The van der Waals surface area contributed by atoms with Crippen LogP contribution < -0.4 is 10.6 Å². The van der Waals surface area contributed by atoms with Gasteiger partial charge in [0.05, 0.1) is 6.54 Å². The van der Waals surface area contributed by atoms with Crippen molar-refractivity contribution in [3.05, 3.63) is 42.1 Å². The molecule has 1 saturated carbocycles. The first-order chi connectivity index (χ1) is 13.5. The van der Waals surface area contributed by atoms with Gasteiger partial charge in [-0.2, -0.15) is 0 Å². The van der Waals surface area contributed by atoms with Crippen LogP contribution in [0.4, 0.5) is 0 Å². The maximum absolute atomic E-state index is 4.77. The van der Waals surface area contributed by atoms with Crippen molar-refractivity contribution in [2.24, 2.45) is 16.3 Å². The average molecular weight is 383 g/mol. The number of hydrogen-bond donors (Lipinski definition) is 2. The molecule has 6 heteroatoms. The first-order valence-corrected chi connectivity index (χ1v) is 10.5. The zero-order valence-corrected chi connectivity index (χ0v) is 17.7. The van der Waals surface area contributed by atoms with E-state index in [1.807, 2.05) is 30.0 Å². The third-order valence-corrected chi connectivity index (χ3v) is 5.53. The highest BCUT2D eigenvalue weighted by atomic mass is 15.2. The largest absolute Gasteiger partial charge is 0.357 e. The molecule has 152 valence electrons. The summed E-state index contributed by atoms with van der Waals surface area (Å²) >= 11 is 0. The first-order valence-electron chi connectivity index (χ1n) is 10.5. The molecule has 2 aromatic rings. The van der Waals surface area contributed by atoms with Gasteiger partial charge < -0.3 is 10.6 Å². The monoisotopic (exact) mass is 382 g/mol. The van der Waals surface area contributed by atoms with Gasteiger partial charge in [-0.05, 0) is 56.1 Å². The van der Waals surface area contributed by atoms with Crippen molar-refractivity contribution in [2.45, 2.75) is 59.9 Å². The summed E-state index contributed by atoms with van der Waals surface area (Å²) in [6.07, 6.45) is 10.9. The second-order valence-corrected chi connectivity index (χ2v) is 8.37. The van der Waals surface area contributed by atoms with Gasteiger partial charge in [-0.1, -0.05) is 26.3 Å². The smallest absolute Gasteiger partial charge is 0.191 e. The minimum atomic E-state index is 0.455. The molecule has 0 bridgehead atoms. The average Bonchev–Trinajstić information content (AvgIpc) is 3.07. The van der Waals surface area contributed by atoms with E-state index in [9.17, 15) is 0 Å². The fraction of sp³-hybridized carbons (Fsp3) is 0.591. The van der Waals surface area contributed by atoms with E-state index in [4.69, 9.17) is 4.99 Å². The van der Waals surface area contributed by atoms with E-state index in [1.165, 1.54) is 25.7 Å². The highest BCUT2D eigenvalue weighted by molar-refractivity contribution is 5.79. The molecule has 1 fully saturated rings. The molecule has 1 aliphatic carbocycles. The minimum Gasteiger partial charge on any atom is -0.357 e. The Morgan fingerprint density at radius 1 is 1.25 bits per heavy atom. The van der Waals surface area contributed by atoms with Crippen LogP contribution in [-0.2, 0) is 6.54 Å². The second kappa shape index (κ2) is 9.22. The molecule has 2 heterocycles. The molecular weight excluding hydrogens is 348 g/mol. The van der Waals surface area contributed by atoms with Crippen LogP contribution in [0.2, 0.25) is 0 Å². The van der Waals surface area contributed by atoms with Crippen molar-refractivity contribution < 1.29 is 0 Å². The van der Waals surface area contributed by atoms with Gasteiger partial charge in [0.15, 0.2) is 5.96 Å². The van der Waals surface area contributed by atoms with E-state index in [0.717, 1.165) is 42.2 Å². The summed E-state index contributed by atoms with van der Waals surface area (Å²) in [6.45, 7) is 11.2. The van der Waals surface area contributed by atoms with Gasteiger partial charge in [-0.3, -0.25) is 4.57 Å². The number of aromatic nitrogens is 3. The maximum atomic E-state index is 4.77. The molecule has 0 spiro atoms. The fourth-order valence-corrected chi connectivity index (χ4v) is 4.05. The van der Waals surface area contributed by atoms with Crippen molar-refractivity contribution in [1.82, 2.24) is 25.2 Å². The number of hydrogen-bond acceptors (Lipinski definition) is 3. The highest BCUT2D eigenvalue weighted by Gasteiger charge is 2.37. The van der Waals surface area contributed by atoms with Crippen LogP contribution in [0.15, 0.2) is 35.7 Å². The van der Waals surface area contributed by atoms with Crippen LogP contribution in [-0.4, -0.2) is 33.6 Å². The van der Waals surface area contributed by atoms with E-state index in [-0.39, 0.29) is 0 Å². The molecule has 0 radical (unpaired) electrons. The summed E-state index contributed by atoms with van der Waals surface area (Å²) in [5, 5.41) is 6.96. The summed E-state index contributed by atoms with van der Waals surface area (Å²) in [4.78, 5) is 13.6. The molecule has 0 saturated heterocycles. The summed E-state index contributed by atoms with van der Waals surface area (Å²) < 4.78 is 1.98. The standard InChI is InChI=1S/C22H34N6/c1-5-23-21(27-16-22(9-6-10-22)13-17(2)3)26-15-19-7-8-20(25-14-19)28-12-11-24-18(28)4/h7-8,11-12,14,17H,5-6,9-10,13,15-16H2,1-4H3,(H2,23,26,27). The summed E-state index contributed by atoms with van der Waals surface area (Å²) in [7, 11) is 0. The molecule has 0 amide bonds. The van der Waals surface area contributed by atoms with Gasteiger partial charge in [0.1, 0.15) is 11.6 Å². The van der Waals surface area contributed by atoms with Crippen molar-refractivity contribution in [2.75, 3.05) is 13.1 Å². The lowest BCUT2D eigenvalue weighted by Crippen LogP contribution is -2.47. The molecule has 0 unspecified atom stereocenters. The number of nitrogens with one attached hydrogen (secondary N) is 2. The van der Waals surface area contributed by atoms with Crippen LogP contribution in [0, 0.1) is 18.3 Å². The fourth-order valence-electron chi connectivity index (χ4n) is 4.05. The zero-order valence-electron chi connectivity index (χ0n) is 17.7. The predicted molar refractivity (Wildman–Crippen MR) is 115 cm³/mol. The Morgan fingerprint density at radius 3 is 2.61 bits per heavy atom. The Hall–Kier alpha value is -2.37. The quantitative estimate of drug-likeness (QED) is 0.538. The second-order valence-electron chi connectivity index (χ2n) is 8.37. The third-order valence-electron chi connectivity index (χ3n) is 5.53. The van der Waals surface area contributed by atoms with E-state index in [0.29, 0.717) is 12.0 Å². The van der Waals surface area contributed by atoms with Crippen molar-refractivity contribution in [3.8, 4) is 5.82 Å². The molecule has 0 aliphatic heterocycles. The highest BCUT2D eigenvalue weighted by Crippen LogP contribution is 2.45.